The summed E-state index contributed by atoms with van der Waals surface area (Å²) >= 11 is 5.76. The molecule has 0 spiro atoms. The van der Waals surface area contributed by atoms with Gasteiger partial charge < -0.3 is 10.2 Å². The van der Waals surface area contributed by atoms with Crippen LogP contribution in [0.3, 0.4) is 0 Å². The molecule has 1 fully saturated rings. The molecular weight excluding hydrogens is 216 g/mol. The van der Waals surface area contributed by atoms with Crippen LogP contribution in [0.5, 0.6) is 0 Å². The zero-order valence-corrected chi connectivity index (χ0v) is 9.08. The molecule has 0 aromatic carbocycles. The molecule has 0 radical (unpaired) electrons. The Balaban J connectivity index is 2.24. The van der Waals surface area contributed by atoms with Gasteiger partial charge in [-0.1, -0.05) is 0 Å². The van der Waals surface area contributed by atoms with Gasteiger partial charge in [0.05, 0.1) is 6.54 Å². The quantitative estimate of drug-likeness (QED) is 0.704. The second-order valence-electron chi connectivity index (χ2n) is 3.41. The minimum atomic E-state index is 0.00800. The molecule has 2 heterocycles. The van der Waals surface area contributed by atoms with Gasteiger partial charge in [-0.2, -0.15) is 0 Å². The summed E-state index contributed by atoms with van der Waals surface area (Å²) in [6.45, 7) is 3.56. The smallest absolute Gasteiger partial charge is 0.239 e. The first kappa shape index (κ1) is 10.2. The maximum absolute atomic E-state index is 11.2. The average Bonchev–Trinajstić information content (AvgIpc) is 2.16. The molecule has 1 aliphatic heterocycles. The van der Waals surface area contributed by atoms with Crippen LogP contribution < -0.4 is 10.2 Å². The number of anilines is 1. The van der Waals surface area contributed by atoms with E-state index in [4.69, 9.17) is 11.6 Å². The van der Waals surface area contributed by atoms with E-state index < -0.39 is 0 Å². The van der Waals surface area contributed by atoms with E-state index >= 15 is 0 Å². The number of nitrogens with zero attached hydrogens (tertiary/aromatic N) is 3. The highest BCUT2D eigenvalue weighted by atomic mass is 35.5. The molecule has 1 saturated heterocycles. The Labute approximate surface area is 92.5 Å². The van der Waals surface area contributed by atoms with Gasteiger partial charge in [0.1, 0.15) is 5.82 Å². The molecule has 1 aliphatic rings. The molecule has 6 heteroatoms. The molecule has 1 aromatic heterocycles. The van der Waals surface area contributed by atoms with Crippen LogP contribution >= 0.6 is 11.6 Å². The van der Waals surface area contributed by atoms with E-state index in [-0.39, 0.29) is 11.2 Å². The lowest BCUT2D eigenvalue weighted by Gasteiger charge is -2.27. The standard InChI is InChI=1S/C9H11ClN4O/c1-6-4-7(13-9(10)12-6)14-3-2-11-8(15)5-14/h4H,2-3,5H2,1H3,(H,11,15). The van der Waals surface area contributed by atoms with Crippen LogP contribution in [-0.2, 0) is 4.79 Å². The maximum atomic E-state index is 11.2. The number of aryl methyl sites for hydroxylation is 1. The zero-order chi connectivity index (χ0) is 10.8. The molecular formula is C9H11ClN4O. The van der Waals surface area contributed by atoms with Gasteiger partial charge in [0.2, 0.25) is 11.2 Å². The van der Waals surface area contributed by atoms with Crippen molar-refractivity contribution in [1.82, 2.24) is 15.3 Å². The summed E-state index contributed by atoms with van der Waals surface area (Å²) < 4.78 is 0. The molecule has 0 aliphatic carbocycles. The topological polar surface area (TPSA) is 58.1 Å². The van der Waals surface area contributed by atoms with Crippen LogP contribution in [0.4, 0.5) is 5.82 Å². The molecule has 2 rings (SSSR count). The summed E-state index contributed by atoms with van der Waals surface area (Å²) in [4.78, 5) is 21.1. The van der Waals surface area contributed by atoms with Crippen molar-refractivity contribution < 1.29 is 4.79 Å². The molecule has 0 unspecified atom stereocenters. The van der Waals surface area contributed by atoms with Gasteiger partial charge in [0.15, 0.2) is 0 Å². The Bertz CT molecular complexity index is 375. The second kappa shape index (κ2) is 4.02. The van der Waals surface area contributed by atoms with Crippen molar-refractivity contribution in [2.45, 2.75) is 6.92 Å². The third kappa shape index (κ3) is 2.36. The zero-order valence-electron chi connectivity index (χ0n) is 8.33. The van der Waals surface area contributed by atoms with Gasteiger partial charge in [-0.15, -0.1) is 0 Å². The minimum Gasteiger partial charge on any atom is -0.353 e. The maximum Gasteiger partial charge on any atom is 0.239 e. The Morgan fingerprint density at radius 2 is 2.33 bits per heavy atom. The van der Waals surface area contributed by atoms with Crippen molar-refractivity contribution in [2.75, 3.05) is 24.5 Å². The largest absolute Gasteiger partial charge is 0.353 e. The third-order valence-corrected chi connectivity index (χ3v) is 2.34. The van der Waals surface area contributed by atoms with Gasteiger partial charge in [-0.3, -0.25) is 4.79 Å². The molecule has 1 amide bonds. The molecule has 80 valence electrons. The Morgan fingerprint density at radius 3 is 3.00 bits per heavy atom. The number of amides is 1. The highest BCUT2D eigenvalue weighted by molar-refractivity contribution is 6.28. The summed E-state index contributed by atoms with van der Waals surface area (Å²) in [5.41, 5.74) is 0.802. The lowest BCUT2D eigenvalue weighted by molar-refractivity contribution is -0.120. The molecule has 0 bridgehead atoms. The predicted molar refractivity (Wildman–Crippen MR) is 57.0 cm³/mol. The highest BCUT2D eigenvalue weighted by Gasteiger charge is 2.18. The van der Waals surface area contributed by atoms with Crippen molar-refractivity contribution in [3.05, 3.63) is 17.0 Å². The fourth-order valence-electron chi connectivity index (χ4n) is 1.51. The van der Waals surface area contributed by atoms with Gasteiger partial charge in [-0.05, 0) is 18.5 Å². The van der Waals surface area contributed by atoms with Crippen LogP contribution in [-0.4, -0.2) is 35.5 Å². The normalized spacial score (nSPS) is 16.4. The molecule has 0 atom stereocenters. The first-order valence-corrected chi connectivity index (χ1v) is 5.06. The SMILES string of the molecule is Cc1cc(N2CCNC(=O)C2)nc(Cl)n1. The minimum absolute atomic E-state index is 0.00800. The first-order chi connectivity index (χ1) is 7.15. The number of carbonyl (C=O) groups is 1. The molecule has 0 saturated carbocycles. The van der Waals surface area contributed by atoms with Crippen molar-refractivity contribution in [1.29, 1.82) is 0 Å². The van der Waals surface area contributed by atoms with E-state index in [1.54, 1.807) is 0 Å². The van der Waals surface area contributed by atoms with Gasteiger partial charge in [0.25, 0.3) is 0 Å². The third-order valence-electron chi connectivity index (χ3n) is 2.18. The summed E-state index contributed by atoms with van der Waals surface area (Å²) in [6, 6.07) is 1.82. The van der Waals surface area contributed by atoms with E-state index in [2.05, 4.69) is 15.3 Å². The van der Waals surface area contributed by atoms with Gasteiger partial charge >= 0.3 is 0 Å². The lowest BCUT2D eigenvalue weighted by Crippen LogP contribution is -2.48. The monoisotopic (exact) mass is 226 g/mol. The molecule has 15 heavy (non-hydrogen) atoms. The molecule has 1 aromatic rings. The number of piperazine rings is 1. The number of halogens is 1. The fourth-order valence-corrected chi connectivity index (χ4v) is 1.73. The summed E-state index contributed by atoms with van der Waals surface area (Å²) in [6.07, 6.45) is 0. The summed E-state index contributed by atoms with van der Waals surface area (Å²) in [5.74, 6) is 0.719. The number of rotatable bonds is 1. The summed E-state index contributed by atoms with van der Waals surface area (Å²) in [5, 5.41) is 2.97. The Kier molecular flexibility index (Phi) is 2.73. The molecule has 5 nitrogen and oxygen atoms in total. The number of hydrogen-bond acceptors (Lipinski definition) is 4. The van der Waals surface area contributed by atoms with E-state index in [9.17, 15) is 4.79 Å². The van der Waals surface area contributed by atoms with Crippen molar-refractivity contribution in [3.63, 3.8) is 0 Å². The van der Waals surface area contributed by atoms with Gasteiger partial charge in [0, 0.05) is 24.8 Å². The summed E-state index contributed by atoms with van der Waals surface area (Å²) in [7, 11) is 0. The van der Waals surface area contributed by atoms with Gasteiger partial charge in [-0.25, -0.2) is 9.97 Å². The lowest BCUT2D eigenvalue weighted by atomic mass is 10.3. The van der Waals surface area contributed by atoms with Crippen molar-refractivity contribution in [2.24, 2.45) is 0 Å². The predicted octanol–water partition coefficient (Wildman–Crippen LogP) is 0.375. The Morgan fingerprint density at radius 1 is 1.53 bits per heavy atom. The highest BCUT2D eigenvalue weighted by Crippen LogP contribution is 2.15. The van der Waals surface area contributed by atoms with E-state index in [0.29, 0.717) is 18.9 Å². The van der Waals surface area contributed by atoms with E-state index in [1.165, 1.54) is 0 Å². The van der Waals surface area contributed by atoms with E-state index in [1.807, 2.05) is 17.9 Å². The molecule has 1 N–H and O–H groups in total. The fraction of sp³-hybridized carbons (Fsp3) is 0.444. The van der Waals surface area contributed by atoms with Crippen LogP contribution in [0.2, 0.25) is 5.28 Å². The number of carbonyl (C=O) groups excluding carboxylic acids is 1. The number of hydrogen-bond donors (Lipinski definition) is 1. The van der Waals surface area contributed by atoms with Crippen molar-refractivity contribution >= 4 is 23.3 Å². The van der Waals surface area contributed by atoms with Crippen LogP contribution in [0.1, 0.15) is 5.69 Å². The average molecular weight is 227 g/mol. The van der Waals surface area contributed by atoms with E-state index in [0.717, 1.165) is 12.2 Å². The van der Waals surface area contributed by atoms with Crippen molar-refractivity contribution in [3.8, 4) is 0 Å². The van der Waals surface area contributed by atoms with Crippen LogP contribution in [0.15, 0.2) is 6.07 Å². The number of aromatic nitrogens is 2. The van der Waals surface area contributed by atoms with Crippen LogP contribution in [0, 0.1) is 6.92 Å². The second-order valence-corrected chi connectivity index (χ2v) is 3.75. The van der Waals surface area contributed by atoms with Crippen LogP contribution in [0.25, 0.3) is 0 Å². The number of nitrogens with one attached hydrogen (secondary N) is 1. The first-order valence-electron chi connectivity index (χ1n) is 4.68. The Hall–Kier alpha value is -1.36.